The van der Waals surface area contributed by atoms with Crippen molar-refractivity contribution in [2.45, 2.75) is 13.8 Å². The molecule has 0 atom stereocenters. The fourth-order valence-corrected chi connectivity index (χ4v) is 1.89. The molecule has 1 aromatic rings. The summed E-state index contributed by atoms with van der Waals surface area (Å²) in [5.74, 6) is -0.366. The molecule has 0 aliphatic carbocycles. The van der Waals surface area contributed by atoms with Crippen molar-refractivity contribution in [1.29, 1.82) is 0 Å². The summed E-state index contributed by atoms with van der Waals surface area (Å²) in [4.78, 5) is 18.4. The van der Waals surface area contributed by atoms with Gasteiger partial charge in [-0.1, -0.05) is 0 Å². The fourth-order valence-electron chi connectivity index (χ4n) is 0.967. The maximum atomic E-state index is 11.3. The molecule has 0 radical (unpaired) electrons. The molecule has 1 rings (SSSR count). The van der Waals surface area contributed by atoms with Gasteiger partial charge in [0.15, 0.2) is 10.8 Å². The summed E-state index contributed by atoms with van der Waals surface area (Å²) in [6, 6.07) is 0. The number of esters is 1. The quantitative estimate of drug-likeness (QED) is 0.718. The molecule has 0 saturated carbocycles. The van der Waals surface area contributed by atoms with E-state index < -0.39 is 0 Å². The lowest BCUT2D eigenvalue weighted by atomic mass is 10.4. The Labute approximate surface area is 87.5 Å². The van der Waals surface area contributed by atoms with Crippen LogP contribution in [0, 0.1) is 6.92 Å². The number of aryl methyl sites for hydroxylation is 1. The highest BCUT2D eigenvalue weighted by Gasteiger charge is 2.16. The summed E-state index contributed by atoms with van der Waals surface area (Å²) in [5.41, 5.74) is 0.424. The monoisotopic (exact) mass is 214 g/mol. The number of aromatic nitrogens is 1. The number of rotatable bonds is 3. The predicted octanol–water partition coefficient (Wildman–Crippen LogP) is 1.69. The van der Waals surface area contributed by atoms with Gasteiger partial charge in [-0.05, 0) is 13.8 Å². The molecule has 0 bridgehead atoms. The average Bonchev–Trinajstić information content (AvgIpc) is 2.58. The Morgan fingerprint density at radius 1 is 1.64 bits per heavy atom. The second-order valence-electron chi connectivity index (χ2n) is 2.91. The van der Waals surface area contributed by atoms with Crippen LogP contribution in [-0.4, -0.2) is 31.7 Å². The van der Waals surface area contributed by atoms with E-state index in [9.17, 15) is 4.79 Å². The van der Waals surface area contributed by atoms with E-state index in [4.69, 9.17) is 0 Å². The lowest BCUT2D eigenvalue weighted by Gasteiger charge is -2.10. The smallest absolute Gasteiger partial charge is 0.357 e. The standard InChI is InChI=1S/C9H14N2O2S/c1-5-11(3)9-10-7(6(2)14-9)8(12)13-4/h5H2,1-4H3. The van der Waals surface area contributed by atoms with Gasteiger partial charge < -0.3 is 9.64 Å². The highest BCUT2D eigenvalue weighted by molar-refractivity contribution is 7.15. The maximum absolute atomic E-state index is 11.3. The predicted molar refractivity (Wildman–Crippen MR) is 57.1 cm³/mol. The maximum Gasteiger partial charge on any atom is 0.357 e. The van der Waals surface area contributed by atoms with Crippen LogP contribution in [0.1, 0.15) is 22.3 Å². The summed E-state index contributed by atoms with van der Waals surface area (Å²) in [6.45, 7) is 4.78. The zero-order valence-electron chi connectivity index (χ0n) is 8.83. The number of hydrogen-bond donors (Lipinski definition) is 0. The van der Waals surface area contributed by atoms with Crippen molar-refractivity contribution >= 4 is 22.4 Å². The number of carbonyl (C=O) groups excluding carboxylic acids is 1. The van der Waals surface area contributed by atoms with Gasteiger partial charge in [0.05, 0.1) is 7.11 Å². The summed E-state index contributed by atoms with van der Waals surface area (Å²) in [5, 5.41) is 0.852. The Morgan fingerprint density at radius 2 is 2.29 bits per heavy atom. The summed E-state index contributed by atoms with van der Waals surface area (Å²) >= 11 is 1.50. The minimum absolute atomic E-state index is 0.366. The van der Waals surface area contributed by atoms with Crippen LogP contribution in [0.15, 0.2) is 0 Å². The Bertz CT molecular complexity index is 336. The zero-order chi connectivity index (χ0) is 10.7. The third-order valence-electron chi connectivity index (χ3n) is 1.96. The van der Waals surface area contributed by atoms with Gasteiger partial charge in [-0.15, -0.1) is 11.3 Å². The molecule has 0 saturated heterocycles. The summed E-state index contributed by atoms with van der Waals surface area (Å²) < 4.78 is 4.63. The molecule has 1 heterocycles. The first-order valence-electron chi connectivity index (χ1n) is 4.37. The number of hydrogen-bond acceptors (Lipinski definition) is 5. The van der Waals surface area contributed by atoms with Crippen LogP contribution in [-0.2, 0) is 4.74 Å². The van der Waals surface area contributed by atoms with Gasteiger partial charge in [0.1, 0.15) is 0 Å². The molecule has 0 aliphatic heterocycles. The first kappa shape index (κ1) is 11.0. The molecule has 4 nitrogen and oxygen atoms in total. The van der Waals surface area contributed by atoms with Crippen LogP contribution in [0.5, 0.6) is 0 Å². The molecule has 0 N–H and O–H groups in total. The second-order valence-corrected chi connectivity index (χ2v) is 4.09. The van der Waals surface area contributed by atoms with Gasteiger partial charge in [0.25, 0.3) is 0 Å². The minimum atomic E-state index is -0.366. The zero-order valence-corrected chi connectivity index (χ0v) is 9.64. The van der Waals surface area contributed by atoms with E-state index >= 15 is 0 Å². The van der Waals surface area contributed by atoms with E-state index in [0.717, 1.165) is 16.6 Å². The molecule has 0 aliphatic rings. The normalized spacial score (nSPS) is 10.0. The van der Waals surface area contributed by atoms with E-state index in [2.05, 4.69) is 9.72 Å². The molecule has 0 aromatic carbocycles. The molecule has 0 unspecified atom stereocenters. The molecule has 5 heteroatoms. The van der Waals surface area contributed by atoms with Crippen LogP contribution in [0.25, 0.3) is 0 Å². The van der Waals surface area contributed by atoms with E-state index in [-0.39, 0.29) is 5.97 Å². The van der Waals surface area contributed by atoms with Crippen molar-refractivity contribution in [2.24, 2.45) is 0 Å². The summed E-state index contributed by atoms with van der Waals surface area (Å²) in [6.07, 6.45) is 0. The molecule has 78 valence electrons. The second kappa shape index (κ2) is 4.41. The first-order chi connectivity index (χ1) is 6.60. The summed E-state index contributed by atoms with van der Waals surface area (Å²) in [7, 11) is 3.31. The largest absolute Gasteiger partial charge is 0.464 e. The third kappa shape index (κ3) is 2.04. The van der Waals surface area contributed by atoms with Gasteiger partial charge in [0, 0.05) is 18.5 Å². The molecule has 1 aromatic heterocycles. The number of ether oxygens (including phenoxy) is 1. The number of methoxy groups -OCH3 is 1. The molecule has 0 spiro atoms. The lowest BCUT2D eigenvalue weighted by Crippen LogP contribution is -2.15. The number of carbonyl (C=O) groups is 1. The van der Waals surface area contributed by atoms with Crippen LogP contribution < -0.4 is 4.90 Å². The lowest BCUT2D eigenvalue weighted by molar-refractivity contribution is 0.0594. The Morgan fingerprint density at radius 3 is 2.79 bits per heavy atom. The fraction of sp³-hybridized carbons (Fsp3) is 0.556. The van der Waals surface area contributed by atoms with E-state index in [1.807, 2.05) is 25.8 Å². The Kier molecular flexibility index (Phi) is 3.46. The van der Waals surface area contributed by atoms with E-state index in [1.54, 1.807) is 0 Å². The molecule has 0 amide bonds. The van der Waals surface area contributed by atoms with Gasteiger partial charge >= 0.3 is 5.97 Å². The van der Waals surface area contributed by atoms with Crippen LogP contribution >= 0.6 is 11.3 Å². The van der Waals surface area contributed by atoms with Crippen LogP contribution in [0.3, 0.4) is 0 Å². The van der Waals surface area contributed by atoms with Crippen molar-refractivity contribution in [2.75, 3.05) is 25.6 Å². The van der Waals surface area contributed by atoms with Gasteiger partial charge in [0.2, 0.25) is 0 Å². The van der Waals surface area contributed by atoms with Crippen molar-refractivity contribution in [1.82, 2.24) is 4.98 Å². The Hall–Kier alpha value is -1.10. The van der Waals surface area contributed by atoms with Gasteiger partial charge in [-0.3, -0.25) is 0 Å². The van der Waals surface area contributed by atoms with Crippen molar-refractivity contribution in [3.63, 3.8) is 0 Å². The number of thiazole rings is 1. The highest BCUT2D eigenvalue weighted by atomic mass is 32.1. The van der Waals surface area contributed by atoms with Gasteiger partial charge in [-0.25, -0.2) is 9.78 Å². The minimum Gasteiger partial charge on any atom is -0.464 e. The topological polar surface area (TPSA) is 42.4 Å². The van der Waals surface area contributed by atoms with Crippen LogP contribution in [0.4, 0.5) is 5.13 Å². The van der Waals surface area contributed by atoms with Crippen molar-refractivity contribution < 1.29 is 9.53 Å². The molecule has 0 fully saturated rings. The number of nitrogens with zero attached hydrogens (tertiary/aromatic N) is 2. The third-order valence-corrected chi connectivity index (χ3v) is 3.05. The van der Waals surface area contributed by atoms with Crippen LogP contribution in [0.2, 0.25) is 0 Å². The molecule has 14 heavy (non-hydrogen) atoms. The Balaban J connectivity index is 2.98. The molecular weight excluding hydrogens is 200 g/mol. The van der Waals surface area contributed by atoms with E-state index in [0.29, 0.717) is 5.69 Å². The van der Waals surface area contributed by atoms with E-state index in [1.165, 1.54) is 18.4 Å². The number of anilines is 1. The highest BCUT2D eigenvalue weighted by Crippen LogP contribution is 2.24. The average molecular weight is 214 g/mol. The molecular formula is C9H14N2O2S. The van der Waals surface area contributed by atoms with Crippen molar-refractivity contribution in [3.8, 4) is 0 Å². The van der Waals surface area contributed by atoms with Gasteiger partial charge in [-0.2, -0.15) is 0 Å². The first-order valence-corrected chi connectivity index (χ1v) is 5.18. The SMILES string of the molecule is CCN(C)c1nc(C(=O)OC)c(C)s1. The van der Waals surface area contributed by atoms with Crippen molar-refractivity contribution in [3.05, 3.63) is 10.6 Å².